The Hall–Kier alpha value is -0.450. The van der Waals surface area contributed by atoms with Gasteiger partial charge in [-0.1, -0.05) is 19.3 Å². The van der Waals surface area contributed by atoms with Gasteiger partial charge in [-0.2, -0.15) is 0 Å². The van der Waals surface area contributed by atoms with Crippen LogP contribution in [-0.4, -0.2) is 24.2 Å². The van der Waals surface area contributed by atoms with E-state index in [-0.39, 0.29) is 0 Å². The van der Waals surface area contributed by atoms with Gasteiger partial charge in [0, 0.05) is 17.5 Å². The number of thiazole rings is 1. The van der Waals surface area contributed by atoms with Gasteiger partial charge in [0.2, 0.25) is 0 Å². The molecule has 108 valence electrons. The van der Waals surface area contributed by atoms with Crippen LogP contribution in [0.2, 0.25) is 0 Å². The molecule has 1 unspecified atom stereocenters. The number of aryl methyl sites for hydroxylation is 1. The van der Waals surface area contributed by atoms with E-state index in [1.807, 2.05) is 5.51 Å². The Morgan fingerprint density at radius 3 is 2.89 bits per heavy atom. The van der Waals surface area contributed by atoms with Crippen molar-refractivity contribution in [3.05, 3.63) is 16.1 Å². The summed E-state index contributed by atoms with van der Waals surface area (Å²) in [7, 11) is 0. The maximum Gasteiger partial charge on any atom is 0.0798 e. The van der Waals surface area contributed by atoms with Gasteiger partial charge in [-0.25, -0.2) is 4.98 Å². The van der Waals surface area contributed by atoms with Crippen LogP contribution in [0.3, 0.4) is 0 Å². The predicted molar refractivity (Wildman–Crippen MR) is 80.7 cm³/mol. The molecule has 1 N–H and O–H groups in total. The van der Waals surface area contributed by atoms with Gasteiger partial charge in [-0.15, -0.1) is 11.3 Å². The van der Waals surface area contributed by atoms with Crippen LogP contribution < -0.4 is 5.32 Å². The van der Waals surface area contributed by atoms with Crippen LogP contribution in [0, 0.1) is 6.92 Å². The molecule has 1 aromatic rings. The minimum absolute atomic E-state index is 0.405. The Labute approximate surface area is 120 Å². The molecule has 1 aliphatic carbocycles. The zero-order valence-corrected chi connectivity index (χ0v) is 13.0. The smallest absolute Gasteiger partial charge is 0.0798 e. The summed E-state index contributed by atoms with van der Waals surface area (Å²) < 4.78 is 5.93. The molecule has 19 heavy (non-hydrogen) atoms. The van der Waals surface area contributed by atoms with Crippen LogP contribution in [0.15, 0.2) is 5.51 Å². The number of nitrogens with one attached hydrogen (secondary N) is 1. The minimum atomic E-state index is 0.405. The molecule has 1 atom stereocenters. The molecule has 4 heteroatoms. The molecule has 0 aromatic carbocycles. The van der Waals surface area contributed by atoms with E-state index < -0.39 is 0 Å². The second kappa shape index (κ2) is 7.98. The molecular weight excluding hydrogens is 256 g/mol. The monoisotopic (exact) mass is 282 g/mol. The normalized spacial score (nSPS) is 18.6. The molecule has 0 saturated heterocycles. The third kappa shape index (κ3) is 4.86. The molecule has 1 saturated carbocycles. The van der Waals surface area contributed by atoms with Crippen LogP contribution in [0.1, 0.15) is 62.1 Å². The zero-order chi connectivity index (χ0) is 13.5. The van der Waals surface area contributed by atoms with Crippen molar-refractivity contribution in [3.8, 4) is 0 Å². The molecule has 3 nitrogen and oxygen atoms in total. The summed E-state index contributed by atoms with van der Waals surface area (Å²) in [5.74, 6) is 0. The molecule has 1 aromatic heterocycles. The summed E-state index contributed by atoms with van der Waals surface area (Å²) in [6, 6.07) is 0.405. The number of hydrogen-bond donors (Lipinski definition) is 1. The van der Waals surface area contributed by atoms with Crippen molar-refractivity contribution in [1.29, 1.82) is 0 Å². The fourth-order valence-corrected chi connectivity index (χ4v) is 3.53. The number of rotatable bonds is 7. The first-order chi connectivity index (χ1) is 9.27. The summed E-state index contributed by atoms with van der Waals surface area (Å²) in [5.41, 5.74) is 3.08. The van der Waals surface area contributed by atoms with E-state index in [0.29, 0.717) is 12.1 Å². The molecule has 1 heterocycles. The predicted octanol–water partition coefficient (Wildman–Crippen LogP) is 3.84. The molecular formula is C15H26N2OS. The van der Waals surface area contributed by atoms with E-state index in [9.17, 15) is 0 Å². The standard InChI is InChI=1S/C15H26N2OS/c1-12(15-13(2)17-11-19-15)16-9-6-10-18-14-7-4-3-5-8-14/h11-12,14,16H,3-10H2,1-2H3. The van der Waals surface area contributed by atoms with Crippen molar-refractivity contribution in [1.82, 2.24) is 10.3 Å². The van der Waals surface area contributed by atoms with Gasteiger partial charge in [0.1, 0.15) is 0 Å². The lowest BCUT2D eigenvalue weighted by atomic mass is 9.98. The van der Waals surface area contributed by atoms with Crippen molar-refractivity contribution >= 4 is 11.3 Å². The average Bonchev–Trinajstić information content (AvgIpc) is 2.86. The topological polar surface area (TPSA) is 34.2 Å². The molecule has 0 radical (unpaired) electrons. The van der Waals surface area contributed by atoms with Crippen molar-refractivity contribution < 1.29 is 4.74 Å². The van der Waals surface area contributed by atoms with Crippen molar-refractivity contribution in [2.75, 3.05) is 13.2 Å². The number of aromatic nitrogens is 1. The second-order valence-electron chi connectivity index (χ2n) is 5.46. The largest absolute Gasteiger partial charge is 0.378 e. The van der Waals surface area contributed by atoms with Gasteiger partial charge in [-0.05, 0) is 39.7 Å². The summed E-state index contributed by atoms with van der Waals surface area (Å²) in [5, 5.41) is 3.55. The van der Waals surface area contributed by atoms with E-state index in [4.69, 9.17) is 4.74 Å². The lowest BCUT2D eigenvalue weighted by Gasteiger charge is -2.22. The second-order valence-corrected chi connectivity index (χ2v) is 6.35. The average molecular weight is 282 g/mol. The SMILES string of the molecule is Cc1ncsc1C(C)NCCCOC1CCCCC1. The Kier molecular flexibility index (Phi) is 6.28. The maximum atomic E-state index is 5.93. The molecule has 0 aliphatic heterocycles. The van der Waals surface area contributed by atoms with Crippen LogP contribution in [0.25, 0.3) is 0 Å². The van der Waals surface area contributed by atoms with Gasteiger partial charge >= 0.3 is 0 Å². The highest BCUT2D eigenvalue weighted by molar-refractivity contribution is 7.09. The molecule has 0 amide bonds. The first-order valence-corrected chi connectivity index (χ1v) is 8.40. The molecule has 0 spiro atoms. The lowest BCUT2D eigenvalue weighted by molar-refractivity contribution is 0.0271. The van der Waals surface area contributed by atoms with Crippen LogP contribution >= 0.6 is 11.3 Å². The van der Waals surface area contributed by atoms with Gasteiger partial charge in [0.25, 0.3) is 0 Å². The van der Waals surface area contributed by atoms with E-state index >= 15 is 0 Å². The van der Waals surface area contributed by atoms with E-state index in [1.54, 1.807) is 11.3 Å². The molecule has 1 aliphatic rings. The zero-order valence-electron chi connectivity index (χ0n) is 12.2. The highest BCUT2D eigenvalue weighted by atomic mass is 32.1. The Morgan fingerprint density at radius 2 is 2.21 bits per heavy atom. The maximum absolute atomic E-state index is 5.93. The van der Waals surface area contributed by atoms with Gasteiger partial charge in [0.05, 0.1) is 17.3 Å². The first kappa shape index (κ1) is 14.9. The fourth-order valence-electron chi connectivity index (χ4n) is 2.69. The quantitative estimate of drug-likeness (QED) is 0.772. The Bertz CT molecular complexity index is 361. The summed E-state index contributed by atoms with van der Waals surface area (Å²) in [6.45, 7) is 6.20. The fraction of sp³-hybridized carbons (Fsp3) is 0.800. The molecule has 2 rings (SSSR count). The van der Waals surface area contributed by atoms with Crippen LogP contribution in [-0.2, 0) is 4.74 Å². The van der Waals surface area contributed by atoms with Gasteiger partial charge in [-0.3, -0.25) is 0 Å². The third-order valence-corrected chi connectivity index (χ3v) is 4.97. The van der Waals surface area contributed by atoms with Crippen molar-refractivity contribution in [3.63, 3.8) is 0 Å². The van der Waals surface area contributed by atoms with Crippen LogP contribution in [0.4, 0.5) is 0 Å². The number of ether oxygens (including phenoxy) is 1. The lowest BCUT2D eigenvalue weighted by Crippen LogP contribution is -2.23. The van der Waals surface area contributed by atoms with Crippen molar-refractivity contribution in [2.45, 2.75) is 64.5 Å². The van der Waals surface area contributed by atoms with Gasteiger partial charge in [0.15, 0.2) is 0 Å². The third-order valence-electron chi connectivity index (χ3n) is 3.85. The minimum Gasteiger partial charge on any atom is -0.378 e. The highest BCUT2D eigenvalue weighted by Gasteiger charge is 2.13. The van der Waals surface area contributed by atoms with Crippen molar-refractivity contribution in [2.24, 2.45) is 0 Å². The summed E-state index contributed by atoms with van der Waals surface area (Å²) >= 11 is 1.74. The molecule has 1 fully saturated rings. The Morgan fingerprint density at radius 1 is 1.42 bits per heavy atom. The molecule has 0 bridgehead atoms. The number of nitrogens with zero attached hydrogens (tertiary/aromatic N) is 1. The van der Waals surface area contributed by atoms with E-state index in [1.165, 1.54) is 37.0 Å². The van der Waals surface area contributed by atoms with Gasteiger partial charge < -0.3 is 10.1 Å². The summed E-state index contributed by atoms with van der Waals surface area (Å²) in [6.07, 6.45) is 8.27. The highest BCUT2D eigenvalue weighted by Crippen LogP contribution is 2.21. The van der Waals surface area contributed by atoms with E-state index in [2.05, 4.69) is 24.1 Å². The summed E-state index contributed by atoms with van der Waals surface area (Å²) in [4.78, 5) is 5.65. The van der Waals surface area contributed by atoms with E-state index in [0.717, 1.165) is 25.3 Å². The first-order valence-electron chi connectivity index (χ1n) is 7.52. The number of hydrogen-bond acceptors (Lipinski definition) is 4. The van der Waals surface area contributed by atoms with Crippen LogP contribution in [0.5, 0.6) is 0 Å². The Balaban J connectivity index is 1.55.